The minimum absolute atomic E-state index is 0.00938. The van der Waals surface area contributed by atoms with Crippen molar-refractivity contribution >= 4 is 17.6 Å². The summed E-state index contributed by atoms with van der Waals surface area (Å²) in [7, 11) is 0. The zero-order valence-corrected chi connectivity index (χ0v) is 19.0. The second-order valence-corrected chi connectivity index (χ2v) is 10.3. The van der Waals surface area contributed by atoms with Crippen molar-refractivity contribution in [3.8, 4) is 0 Å². The molecule has 3 atom stereocenters. The van der Waals surface area contributed by atoms with E-state index in [4.69, 9.17) is 16.3 Å². The number of aliphatic carboxylic acids is 1. The van der Waals surface area contributed by atoms with Gasteiger partial charge in [0.05, 0.1) is 23.7 Å². The molecule has 1 aliphatic heterocycles. The van der Waals surface area contributed by atoms with E-state index in [0.29, 0.717) is 0 Å². The van der Waals surface area contributed by atoms with Crippen LogP contribution in [-0.4, -0.2) is 41.2 Å². The van der Waals surface area contributed by atoms with Crippen molar-refractivity contribution in [3.63, 3.8) is 0 Å². The third-order valence-corrected chi connectivity index (χ3v) is 7.86. The number of carbonyl (C=O) groups is 1. The van der Waals surface area contributed by atoms with Crippen LogP contribution in [0.15, 0.2) is 18.2 Å². The smallest absolute Gasteiger partial charge is 0.305 e. The van der Waals surface area contributed by atoms with Crippen molar-refractivity contribution in [2.75, 3.05) is 13.1 Å². The van der Waals surface area contributed by atoms with E-state index < -0.39 is 11.8 Å². The Labute approximate surface area is 190 Å². The maximum absolute atomic E-state index is 14.3. The Morgan fingerprint density at radius 1 is 1.03 bits per heavy atom. The molecule has 1 heterocycles. The van der Waals surface area contributed by atoms with E-state index >= 15 is 0 Å². The monoisotopic (exact) mass is 451 g/mol. The summed E-state index contributed by atoms with van der Waals surface area (Å²) in [4.78, 5) is 13.9. The molecule has 4 nitrogen and oxygen atoms in total. The lowest BCUT2D eigenvalue weighted by Gasteiger charge is -2.44. The van der Waals surface area contributed by atoms with Crippen LogP contribution in [0.5, 0.6) is 0 Å². The minimum Gasteiger partial charge on any atom is -0.481 e. The van der Waals surface area contributed by atoms with Crippen LogP contribution in [0, 0.1) is 17.7 Å². The summed E-state index contributed by atoms with van der Waals surface area (Å²) < 4.78 is 20.7. The number of benzene rings is 1. The Morgan fingerprint density at radius 3 is 2.19 bits per heavy atom. The van der Waals surface area contributed by atoms with Gasteiger partial charge in [0.2, 0.25) is 0 Å². The number of ether oxygens (including phenoxy) is 1. The molecule has 0 bridgehead atoms. The van der Waals surface area contributed by atoms with Crippen LogP contribution in [0.1, 0.15) is 82.3 Å². The molecule has 172 valence electrons. The summed E-state index contributed by atoms with van der Waals surface area (Å²) in [6.45, 7) is 2.14. The number of rotatable bonds is 8. The molecule has 1 aromatic rings. The topological polar surface area (TPSA) is 49.8 Å². The number of halogens is 2. The third-order valence-electron chi connectivity index (χ3n) is 7.55. The molecule has 4 rings (SSSR count). The Balaban J connectivity index is 1.58. The van der Waals surface area contributed by atoms with Crippen LogP contribution >= 0.6 is 11.6 Å². The quantitative estimate of drug-likeness (QED) is 0.509. The van der Waals surface area contributed by atoms with Crippen molar-refractivity contribution < 1.29 is 19.0 Å². The fourth-order valence-electron chi connectivity index (χ4n) is 5.98. The van der Waals surface area contributed by atoms with E-state index in [2.05, 4.69) is 4.90 Å². The highest BCUT2D eigenvalue weighted by atomic mass is 35.5. The molecule has 2 aliphatic carbocycles. The molecular weight excluding hydrogens is 417 g/mol. The van der Waals surface area contributed by atoms with Gasteiger partial charge in [0.15, 0.2) is 0 Å². The Bertz CT molecular complexity index is 730. The SMILES string of the molecule is O=C(O)C[C@@H]1CC[C@@H](N(CC2CCCC2)CC2CCCC2)[C@H](c2ccc(Cl)c(F)c2)O1. The van der Waals surface area contributed by atoms with Crippen LogP contribution in [0.25, 0.3) is 0 Å². The molecule has 2 saturated carbocycles. The molecule has 0 aromatic heterocycles. The predicted molar refractivity (Wildman–Crippen MR) is 120 cm³/mol. The summed E-state index contributed by atoms with van der Waals surface area (Å²) in [6.07, 6.45) is 11.4. The van der Waals surface area contributed by atoms with Crippen molar-refractivity contribution in [2.24, 2.45) is 11.8 Å². The summed E-state index contributed by atoms with van der Waals surface area (Å²) in [5.74, 6) is 0.153. The first-order valence-electron chi connectivity index (χ1n) is 12.1. The van der Waals surface area contributed by atoms with Gasteiger partial charge < -0.3 is 9.84 Å². The highest BCUT2D eigenvalue weighted by Crippen LogP contribution is 2.39. The molecule has 0 unspecified atom stereocenters. The molecule has 3 aliphatic rings. The first-order valence-corrected chi connectivity index (χ1v) is 12.4. The predicted octanol–water partition coefficient (Wildman–Crippen LogP) is 6.22. The molecule has 1 aromatic carbocycles. The Kier molecular flexibility index (Phi) is 7.89. The minimum atomic E-state index is -0.849. The summed E-state index contributed by atoms with van der Waals surface area (Å²) in [5, 5.41) is 9.39. The number of nitrogens with zero attached hydrogens (tertiary/aromatic N) is 1. The molecule has 3 fully saturated rings. The van der Waals surface area contributed by atoms with Gasteiger partial charge in [-0.15, -0.1) is 0 Å². The van der Waals surface area contributed by atoms with Gasteiger partial charge in [0.1, 0.15) is 5.82 Å². The largest absolute Gasteiger partial charge is 0.481 e. The lowest BCUT2D eigenvalue weighted by Crippen LogP contribution is -2.48. The zero-order valence-electron chi connectivity index (χ0n) is 18.3. The average molecular weight is 452 g/mol. The number of carboxylic acid groups (broad SMARTS) is 1. The molecule has 0 radical (unpaired) electrons. The van der Waals surface area contributed by atoms with E-state index in [1.807, 2.05) is 6.07 Å². The van der Waals surface area contributed by atoms with Crippen LogP contribution in [0.2, 0.25) is 5.02 Å². The normalized spacial score (nSPS) is 27.9. The molecule has 31 heavy (non-hydrogen) atoms. The van der Waals surface area contributed by atoms with E-state index in [0.717, 1.165) is 43.3 Å². The molecule has 6 heteroatoms. The van der Waals surface area contributed by atoms with Gasteiger partial charge in [0.25, 0.3) is 0 Å². The van der Waals surface area contributed by atoms with Gasteiger partial charge in [-0.05, 0) is 68.1 Å². The van der Waals surface area contributed by atoms with Crippen molar-refractivity contribution in [1.82, 2.24) is 4.90 Å². The van der Waals surface area contributed by atoms with Gasteiger partial charge >= 0.3 is 5.97 Å². The molecule has 1 saturated heterocycles. The van der Waals surface area contributed by atoms with Crippen molar-refractivity contribution in [3.05, 3.63) is 34.6 Å². The Hall–Kier alpha value is -1.17. The fourth-order valence-corrected chi connectivity index (χ4v) is 6.10. The molecular formula is C25H35ClFNO3. The molecule has 0 amide bonds. The maximum atomic E-state index is 14.3. The number of hydrogen-bond acceptors (Lipinski definition) is 3. The highest BCUT2D eigenvalue weighted by Gasteiger charge is 2.39. The maximum Gasteiger partial charge on any atom is 0.305 e. The van der Waals surface area contributed by atoms with Crippen LogP contribution in [-0.2, 0) is 9.53 Å². The standard InChI is InChI=1S/C25H35ClFNO3/c26-21-11-9-19(13-22(21)27)25-23(12-10-20(31-25)14-24(29)30)28(15-17-5-1-2-6-17)16-18-7-3-4-8-18/h9,11,13,17-18,20,23,25H,1-8,10,12,14-16H2,(H,29,30)/t20-,23+,25-/m0/s1. The second-order valence-electron chi connectivity index (χ2n) is 9.85. The van der Waals surface area contributed by atoms with Gasteiger partial charge in [0, 0.05) is 19.1 Å². The second kappa shape index (κ2) is 10.6. The van der Waals surface area contributed by atoms with Crippen molar-refractivity contribution in [1.29, 1.82) is 0 Å². The first kappa shape index (κ1) is 23.0. The van der Waals surface area contributed by atoms with E-state index in [-0.39, 0.29) is 29.7 Å². The van der Waals surface area contributed by atoms with E-state index in [1.54, 1.807) is 6.07 Å². The van der Waals surface area contributed by atoms with Crippen molar-refractivity contribution in [2.45, 2.75) is 88.9 Å². The first-order chi connectivity index (χ1) is 15.0. The highest BCUT2D eigenvalue weighted by molar-refractivity contribution is 6.30. The van der Waals surface area contributed by atoms with E-state index in [9.17, 15) is 14.3 Å². The lowest BCUT2D eigenvalue weighted by molar-refractivity contribution is -0.148. The summed E-state index contributed by atoms with van der Waals surface area (Å²) in [6, 6.07) is 5.06. The average Bonchev–Trinajstić information content (AvgIpc) is 3.43. The van der Waals surface area contributed by atoms with Crippen LogP contribution in [0.4, 0.5) is 4.39 Å². The summed E-state index contributed by atoms with van der Waals surface area (Å²) in [5.41, 5.74) is 0.768. The number of hydrogen-bond donors (Lipinski definition) is 1. The summed E-state index contributed by atoms with van der Waals surface area (Å²) >= 11 is 5.94. The molecule has 1 N–H and O–H groups in total. The third kappa shape index (κ3) is 6.00. The fraction of sp³-hybridized carbons (Fsp3) is 0.720. The van der Waals surface area contributed by atoms with Gasteiger partial charge in [-0.25, -0.2) is 4.39 Å². The van der Waals surface area contributed by atoms with Gasteiger partial charge in [-0.2, -0.15) is 0 Å². The van der Waals surface area contributed by atoms with Gasteiger partial charge in [-0.3, -0.25) is 9.69 Å². The van der Waals surface area contributed by atoms with E-state index in [1.165, 1.54) is 57.4 Å². The van der Waals surface area contributed by atoms with Crippen LogP contribution in [0.3, 0.4) is 0 Å². The van der Waals surface area contributed by atoms with Crippen LogP contribution < -0.4 is 0 Å². The number of carboxylic acids is 1. The zero-order chi connectivity index (χ0) is 21.8. The lowest BCUT2D eigenvalue weighted by atomic mass is 9.89. The molecule has 0 spiro atoms. The van der Waals surface area contributed by atoms with Gasteiger partial charge in [-0.1, -0.05) is 43.4 Å². The Morgan fingerprint density at radius 2 is 1.65 bits per heavy atom.